The van der Waals surface area contributed by atoms with Gasteiger partial charge in [0, 0.05) is 23.0 Å². The van der Waals surface area contributed by atoms with Crippen LogP contribution in [0.15, 0.2) is 36.4 Å². The SMILES string of the molecule is CN(Cc1ccc(Cl)cc1)Cc1ccc(C#CCN)s1. The molecule has 0 aliphatic heterocycles. The molecule has 2 N–H and O–H groups in total. The summed E-state index contributed by atoms with van der Waals surface area (Å²) in [5, 5.41) is 0.776. The number of halogens is 1. The van der Waals surface area contributed by atoms with E-state index in [1.807, 2.05) is 12.1 Å². The molecule has 4 heteroatoms. The van der Waals surface area contributed by atoms with Gasteiger partial charge in [0.2, 0.25) is 0 Å². The zero-order valence-electron chi connectivity index (χ0n) is 11.4. The first-order valence-corrected chi connectivity index (χ1v) is 7.57. The van der Waals surface area contributed by atoms with Gasteiger partial charge in [0.1, 0.15) is 0 Å². The second-order valence-electron chi connectivity index (χ2n) is 4.57. The Morgan fingerprint density at radius 2 is 1.90 bits per heavy atom. The molecular formula is C16H17ClN2S. The second-order valence-corrected chi connectivity index (χ2v) is 6.18. The molecule has 0 spiro atoms. The Balaban J connectivity index is 1.92. The molecule has 0 atom stereocenters. The number of benzene rings is 1. The van der Waals surface area contributed by atoms with Crippen molar-refractivity contribution in [2.24, 2.45) is 5.73 Å². The summed E-state index contributed by atoms with van der Waals surface area (Å²) in [7, 11) is 2.11. The van der Waals surface area contributed by atoms with E-state index < -0.39 is 0 Å². The first-order chi connectivity index (χ1) is 9.67. The highest BCUT2D eigenvalue weighted by molar-refractivity contribution is 7.12. The van der Waals surface area contributed by atoms with Gasteiger partial charge in [-0.15, -0.1) is 11.3 Å². The molecule has 0 amide bonds. The Hall–Kier alpha value is -1.31. The van der Waals surface area contributed by atoms with Crippen molar-refractivity contribution in [1.82, 2.24) is 4.90 Å². The summed E-state index contributed by atoms with van der Waals surface area (Å²) in [4.78, 5) is 4.66. The van der Waals surface area contributed by atoms with Crippen molar-refractivity contribution in [2.45, 2.75) is 13.1 Å². The van der Waals surface area contributed by atoms with E-state index >= 15 is 0 Å². The third-order valence-corrected chi connectivity index (χ3v) is 4.00. The van der Waals surface area contributed by atoms with Crippen LogP contribution in [0, 0.1) is 11.8 Å². The molecular weight excluding hydrogens is 288 g/mol. The van der Waals surface area contributed by atoms with Crippen LogP contribution in [0.4, 0.5) is 0 Å². The summed E-state index contributed by atoms with van der Waals surface area (Å²) >= 11 is 7.61. The number of nitrogens with zero attached hydrogens (tertiary/aromatic N) is 1. The van der Waals surface area contributed by atoms with Crippen molar-refractivity contribution >= 4 is 22.9 Å². The molecule has 20 heavy (non-hydrogen) atoms. The Morgan fingerprint density at radius 3 is 2.60 bits per heavy atom. The molecule has 2 rings (SSSR count). The maximum absolute atomic E-state index is 5.89. The molecule has 0 aliphatic rings. The van der Waals surface area contributed by atoms with E-state index in [9.17, 15) is 0 Å². The minimum Gasteiger partial charge on any atom is -0.320 e. The van der Waals surface area contributed by atoms with Crippen LogP contribution < -0.4 is 5.73 Å². The van der Waals surface area contributed by atoms with Gasteiger partial charge in [-0.2, -0.15) is 0 Å². The van der Waals surface area contributed by atoms with Crippen molar-refractivity contribution in [3.8, 4) is 11.8 Å². The lowest BCUT2D eigenvalue weighted by Crippen LogP contribution is -2.16. The number of thiophene rings is 1. The summed E-state index contributed by atoms with van der Waals surface area (Å²) in [6.07, 6.45) is 0. The number of nitrogens with two attached hydrogens (primary N) is 1. The zero-order chi connectivity index (χ0) is 14.4. The molecule has 0 radical (unpaired) electrons. The van der Waals surface area contributed by atoms with Crippen molar-refractivity contribution in [3.63, 3.8) is 0 Å². The normalized spacial score (nSPS) is 10.4. The van der Waals surface area contributed by atoms with Gasteiger partial charge in [-0.1, -0.05) is 35.6 Å². The highest BCUT2D eigenvalue weighted by Crippen LogP contribution is 2.18. The highest BCUT2D eigenvalue weighted by atomic mass is 35.5. The minimum atomic E-state index is 0.406. The third-order valence-electron chi connectivity index (χ3n) is 2.77. The Labute approximate surface area is 129 Å². The van der Waals surface area contributed by atoms with Crippen molar-refractivity contribution < 1.29 is 0 Å². The van der Waals surface area contributed by atoms with Gasteiger partial charge in [0.05, 0.1) is 11.4 Å². The molecule has 1 heterocycles. The smallest absolute Gasteiger partial charge is 0.0772 e. The molecule has 2 nitrogen and oxygen atoms in total. The molecule has 2 aromatic rings. The predicted octanol–water partition coefficient (Wildman–Crippen LogP) is 3.34. The first kappa shape index (κ1) is 15.1. The van der Waals surface area contributed by atoms with Crippen LogP contribution in [0.25, 0.3) is 0 Å². The summed E-state index contributed by atoms with van der Waals surface area (Å²) in [6, 6.07) is 12.2. The van der Waals surface area contributed by atoms with Crippen LogP contribution in [0.5, 0.6) is 0 Å². The fourth-order valence-corrected chi connectivity index (χ4v) is 2.98. The highest BCUT2D eigenvalue weighted by Gasteiger charge is 2.04. The van der Waals surface area contributed by atoms with E-state index in [2.05, 4.69) is 48.1 Å². The predicted molar refractivity (Wildman–Crippen MR) is 86.9 cm³/mol. The van der Waals surface area contributed by atoms with Gasteiger partial charge < -0.3 is 5.73 Å². The molecule has 0 saturated carbocycles. The van der Waals surface area contributed by atoms with Gasteiger partial charge in [-0.05, 0) is 36.9 Å². The third kappa shape index (κ3) is 4.66. The van der Waals surface area contributed by atoms with Crippen LogP contribution in [0.1, 0.15) is 15.3 Å². The van der Waals surface area contributed by atoms with E-state index in [0.29, 0.717) is 6.54 Å². The Bertz CT molecular complexity index is 607. The summed E-state index contributed by atoms with van der Waals surface area (Å²) in [5.74, 6) is 5.94. The van der Waals surface area contributed by atoms with Gasteiger partial charge >= 0.3 is 0 Å². The van der Waals surface area contributed by atoms with E-state index in [-0.39, 0.29) is 0 Å². The summed E-state index contributed by atoms with van der Waals surface area (Å²) in [6.45, 7) is 2.22. The molecule has 0 bridgehead atoms. The second kappa shape index (κ2) is 7.47. The lowest BCUT2D eigenvalue weighted by Gasteiger charge is -2.15. The molecule has 104 valence electrons. The van der Waals surface area contributed by atoms with E-state index in [1.54, 1.807) is 11.3 Å². The van der Waals surface area contributed by atoms with E-state index in [1.165, 1.54) is 10.4 Å². The molecule has 0 aliphatic carbocycles. The standard InChI is InChI=1S/C16H17ClN2S/c1-19(11-13-4-6-14(17)7-5-13)12-16-9-8-15(20-16)3-2-10-18/h4-9H,10-12,18H2,1H3. The van der Waals surface area contributed by atoms with Crippen molar-refractivity contribution in [1.29, 1.82) is 0 Å². The first-order valence-electron chi connectivity index (χ1n) is 6.38. The number of rotatable bonds is 4. The van der Waals surface area contributed by atoms with Crippen LogP contribution in [0.2, 0.25) is 5.02 Å². The van der Waals surface area contributed by atoms with Gasteiger partial charge in [0.15, 0.2) is 0 Å². The maximum atomic E-state index is 5.89. The van der Waals surface area contributed by atoms with Gasteiger partial charge in [-0.25, -0.2) is 0 Å². The fourth-order valence-electron chi connectivity index (χ4n) is 1.89. The lowest BCUT2D eigenvalue weighted by atomic mass is 10.2. The van der Waals surface area contributed by atoms with E-state index in [4.69, 9.17) is 17.3 Å². The Morgan fingerprint density at radius 1 is 1.15 bits per heavy atom. The molecule has 1 aromatic carbocycles. The zero-order valence-corrected chi connectivity index (χ0v) is 13.0. The van der Waals surface area contributed by atoms with Crippen molar-refractivity contribution in [3.05, 3.63) is 56.7 Å². The van der Waals surface area contributed by atoms with Crippen LogP contribution in [-0.2, 0) is 13.1 Å². The van der Waals surface area contributed by atoms with Gasteiger partial charge in [-0.3, -0.25) is 4.90 Å². The quantitative estimate of drug-likeness (QED) is 0.878. The van der Waals surface area contributed by atoms with Gasteiger partial charge in [0.25, 0.3) is 0 Å². The minimum absolute atomic E-state index is 0.406. The van der Waals surface area contributed by atoms with Crippen LogP contribution in [0.3, 0.4) is 0 Å². The van der Waals surface area contributed by atoms with Crippen LogP contribution >= 0.6 is 22.9 Å². The maximum Gasteiger partial charge on any atom is 0.0772 e. The molecule has 1 aromatic heterocycles. The molecule has 0 unspecified atom stereocenters. The largest absolute Gasteiger partial charge is 0.320 e. The molecule has 0 fully saturated rings. The van der Waals surface area contributed by atoms with Crippen LogP contribution in [-0.4, -0.2) is 18.5 Å². The summed E-state index contributed by atoms with van der Waals surface area (Å²) in [5.41, 5.74) is 6.63. The number of hydrogen-bond donors (Lipinski definition) is 1. The Kier molecular flexibility index (Phi) is 5.63. The van der Waals surface area contributed by atoms with Crippen molar-refractivity contribution in [2.75, 3.05) is 13.6 Å². The number of hydrogen-bond acceptors (Lipinski definition) is 3. The fraction of sp³-hybridized carbons (Fsp3) is 0.250. The average Bonchev–Trinajstić information content (AvgIpc) is 2.86. The van der Waals surface area contributed by atoms with E-state index in [0.717, 1.165) is 23.0 Å². The topological polar surface area (TPSA) is 29.3 Å². The lowest BCUT2D eigenvalue weighted by molar-refractivity contribution is 0.322. The molecule has 0 saturated heterocycles. The average molecular weight is 305 g/mol. The monoisotopic (exact) mass is 304 g/mol. The summed E-state index contributed by atoms with van der Waals surface area (Å²) < 4.78 is 0.